The standard InChI is InChI=1S/C33H38FN5O3/c1-7-28(41)38-18-22(4)39(19-21(38)3)32-27-15-20(2)29(26-17-24(40)16-23-11-8-9-12-25(23)26)30(34)31(27)35-33(36-32)42-14-10-13-37(5)6/h7-9,11-12,15-17,21-22,40H,1,10,13-14,18-19H2,2-6H3/t21-,22+/m1/s1. The van der Waals surface area contributed by atoms with Crippen molar-refractivity contribution in [2.75, 3.05) is 45.2 Å². The molecule has 2 atom stereocenters. The second-order valence-electron chi connectivity index (χ2n) is 11.4. The normalized spacial score (nSPS) is 17.3. The Labute approximate surface area is 246 Å². The van der Waals surface area contributed by atoms with Crippen LogP contribution < -0.4 is 9.64 Å². The van der Waals surface area contributed by atoms with Crippen molar-refractivity contribution in [1.82, 2.24) is 19.8 Å². The number of aromatic nitrogens is 2. The van der Waals surface area contributed by atoms with Crippen LogP contribution in [0.4, 0.5) is 10.2 Å². The number of amides is 1. The van der Waals surface area contributed by atoms with Gasteiger partial charge in [0, 0.05) is 42.7 Å². The fourth-order valence-corrected chi connectivity index (χ4v) is 5.82. The number of aromatic hydroxyl groups is 1. The number of halogens is 1. The van der Waals surface area contributed by atoms with E-state index in [1.54, 1.807) is 17.0 Å². The SMILES string of the molecule is C=CC(=O)N1C[C@H](C)N(c2nc(OCCCN(C)C)nc3c(F)c(-c4cc(O)cc5ccccc45)c(C)cc23)C[C@H]1C. The van der Waals surface area contributed by atoms with Crippen molar-refractivity contribution in [3.63, 3.8) is 0 Å². The number of carbonyl (C=O) groups excluding carboxylic acids is 1. The van der Waals surface area contributed by atoms with Crippen molar-refractivity contribution in [3.05, 3.63) is 66.5 Å². The molecule has 5 rings (SSSR count). The van der Waals surface area contributed by atoms with Gasteiger partial charge in [0.25, 0.3) is 0 Å². The first kappa shape index (κ1) is 29.3. The van der Waals surface area contributed by atoms with E-state index in [0.29, 0.717) is 47.6 Å². The number of hydrogen-bond acceptors (Lipinski definition) is 7. The van der Waals surface area contributed by atoms with Crippen LogP contribution in [0, 0.1) is 12.7 Å². The number of aryl methyl sites for hydroxylation is 1. The average molecular weight is 572 g/mol. The van der Waals surface area contributed by atoms with Gasteiger partial charge in [-0.2, -0.15) is 9.97 Å². The summed E-state index contributed by atoms with van der Waals surface area (Å²) in [5, 5.41) is 12.7. The first-order valence-electron chi connectivity index (χ1n) is 14.3. The van der Waals surface area contributed by atoms with Gasteiger partial charge in [-0.3, -0.25) is 4.79 Å². The molecule has 0 bridgehead atoms. The number of phenolic OH excluding ortho intramolecular Hbond substituents is 1. The van der Waals surface area contributed by atoms with E-state index in [1.165, 1.54) is 6.08 Å². The van der Waals surface area contributed by atoms with Gasteiger partial charge < -0.3 is 24.5 Å². The Bertz CT molecular complexity index is 1660. The Morgan fingerprint density at radius 2 is 1.90 bits per heavy atom. The number of ether oxygens (including phenoxy) is 1. The highest BCUT2D eigenvalue weighted by Gasteiger charge is 2.34. The van der Waals surface area contributed by atoms with Gasteiger partial charge in [-0.25, -0.2) is 4.39 Å². The summed E-state index contributed by atoms with van der Waals surface area (Å²) >= 11 is 0. The quantitative estimate of drug-likeness (QED) is 0.220. The molecule has 0 aliphatic carbocycles. The molecular weight excluding hydrogens is 533 g/mol. The first-order valence-corrected chi connectivity index (χ1v) is 14.3. The number of piperazine rings is 1. The zero-order valence-electron chi connectivity index (χ0n) is 24.9. The minimum Gasteiger partial charge on any atom is -0.508 e. The summed E-state index contributed by atoms with van der Waals surface area (Å²) in [6.45, 7) is 11.7. The van der Waals surface area contributed by atoms with Crippen LogP contribution in [0.3, 0.4) is 0 Å². The van der Waals surface area contributed by atoms with Crippen LogP contribution in [0.1, 0.15) is 25.8 Å². The molecule has 0 saturated carbocycles. The zero-order valence-corrected chi connectivity index (χ0v) is 24.9. The highest BCUT2D eigenvalue weighted by atomic mass is 19.1. The van der Waals surface area contributed by atoms with Crippen molar-refractivity contribution in [1.29, 1.82) is 0 Å². The molecule has 42 heavy (non-hydrogen) atoms. The molecule has 3 aromatic carbocycles. The van der Waals surface area contributed by atoms with E-state index in [9.17, 15) is 9.90 Å². The van der Waals surface area contributed by atoms with Crippen LogP contribution >= 0.6 is 0 Å². The van der Waals surface area contributed by atoms with Gasteiger partial charge in [0.15, 0.2) is 5.82 Å². The number of anilines is 1. The molecule has 0 unspecified atom stereocenters. The third-order valence-corrected chi connectivity index (χ3v) is 7.90. The Morgan fingerprint density at radius 3 is 2.64 bits per heavy atom. The summed E-state index contributed by atoms with van der Waals surface area (Å²) in [5.41, 5.74) is 1.82. The summed E-state index contributed by atoms with van der Waals surface area (Å²) in [6.07, 6.45) is 2.10. The van der Waals surface area contributed by atoms with Crippen LogP contribution in [0.15, 0.2) is 55.1 Å². The fraction of sp³-hybridized carbons (Fsp3) is 0.364. The number of benzene rings is 3. The second-order valence-corrected chi connectivity index (χ2v) is 11.4. The molecule has 9 heteroatoms. The molecule has 1 fully saturated rings. The van der Waals surface area contributed by atoms with E-state index in [-0.39, 0.29) is 35.3 Å². The van der Waals surface area contributed by atoms with E-state index in [1.807, 2.05) is 65.2 Å². The molecule has 220 valence electrons. The highest BCUT2D eigenvalue weighted by Crippen LogP contribution is 2.41. The van der Waals surface area contributed by atoms with Gasteiger partial charge in [0.2, 0.25) is 5.91 Å². The van der Waals surface area contributed by atoms with Crippen molar-refractivity contribution in [3.8, 4) is 22.9 Å². The summed E-state index contributed by atoms with van der Waals surface area (Å²) in [7, 11) is 3.99. The minimum atomic E-state index is -0.497. The number of nitrogens with zero attached hydrogens (tertiary/aromatic N) is 5. The molecule has 1 aliphatic rings. The smallest absolute Gasteiger partial charge is 0.319 e. The van der Waals surface area contributed by atoms with Crippen molar-refractivity contribution in [2.24, 2.45) is 0 Å². The molecule has 8 nitrogen and oxygen atoms in total. The van der Waals surface area contributed by atoms with Gasteiger partial charge in [0.05, 0.1) is 6.61 Å². The molecule has 1 aromatic heterocycles. The molecule has 2 heterocycles. The predicted octanol–water partition coefficient (Wildman–Crippen LogP) is 5.55. The lowest BCUT2D eigenvalue weighted by atomic mass is 9.92. The number of rotatable bonds is 8. The van der Waals surface area contributed by atoms with Crippen molar-refractivity contribution >= 4 is 33.4 Å². The topological polar surface area (TPSA) is 82.0 Å². The molecule has 1 saturated heterocycles. The van der Waals surface area contributed by atoms with Gasteiger partial charge in [-0.05, 0) is 87.5 Å². The molecule has 1 aliphatic heterocycles. The maximum atomic E-state index is 16.8. The van der Waals surface area contributed by atoms with E-state index < -0.39 is 5.82 Å². The monoisotopic (exact) mass is 571 g/mol. The van der Waals surface area contributed by atoms with Crippen LogP contribution in [0.2, 0.25) is 0 Å². The molecule has 0 radical (unpaired) electrons. The second kappa shape index (κ2) is 11.9. The lowest BCUT2D eigenvalue weighted by Crippen LogP contribution is -2.58. The molecular formula is C33H38FN5O3. The van der Waals surface area contributed by atoms with Gasteiger partial charge in [0.1, 0.15) is 17.1 Å². The minimum absolute atomic E-state index is 0.0608. The van der Waals surface area contributed by atoms with Gasteiger partial charge >= 0.3 is 6.01 Å². The van der Waals surface area contributed by atoms with E-state index in [0.717, 1.165) is 23.7 Å². The maximum Gasteiger partial charge on any atom is 0.319 e. The molecule has 1 amide bonds. The van der Waals surface area contributed by atoms with Crippen molar-refractivity contribution in [2.45, 2.75) is 39.3 Å². The van der Waals surface area contributed by atoms with Gasteiger partial charge in [-0.15, -0.1) is 0 Å². The van der Waals surface area contributed by atoms with Gasteiger partial charge in [-0.1, -0.05) is 30.8 Å². The third-order valence-electron chi connectivity index (χ3n) is 7.90. The number of carbonyl (C=O) groups is 1. The Balaban J connectivity index is 1.67. The highest BCUT2D eigenvalue weighted by molar-refractivity contribution is 6.02. The van der Waals surface area contributed by atoms with E-state index in [4.69, 9.17) is 9.72 Å². The summed E-state index contributed by atoms with van der Waals surface area (Å²) in [5.74, 6) is 0.0210. The fourth-order valence-electron chi connectivity index (χ4n) is 5.82. The molecule has 4 aromatic rings. The molecule has 0 spiro atoms. The Hall–Kier alpha value is -4.24. The van der Waals surface area contributed by atoms with E-state index in [2.05, 4.69) is 21.4 Å². The average Bonchev–Trinajstić information content (AvgIpc) is 2.95. The molecule has 1 N–H and O–H groups in total. The first-order chi connectivity index (χ1) is 20.1. The Morgan fingerprint density at radius 1 is 1.14 bits per heavy atom. The number of phenols is 1. The lowest BCUT2D eigenvalue weighted by molar-refractivity contribution is -0.128. The summed E-state index contributed by atoms with van der Waals surface area (Å²) in [4.78, 5) is 27.9. The van der Waals surface area contributed by atoms with Crippen LogP contribution in [-0.2, 0) is 4.79 Å². The number of fused-ring (bicyclic) bond motifs is 2. The van der Waals surface area contributed by atoms with Crippen molar-refractivity contribution < 1.29 is 19.0 Å². The third kappa shape index (κ3) is 5.61. The van der Waals surface area contributed by atoms with Crippen LogP contribution in [0.5, 0.6) is 11.8 Å². The lowest BCUT2D eigenvalue weighted by Gasteiger charge is -2.44. The predicted molar refractivity (Wildman–Crippen MR) is 166 cm³/mol. The zero-order chi connectivity index (χ0) is 30.1. The van der Waals surface area contributed by atoms with E-state index >= 15 is 4.39 Å². The van der Waals surface area contributed by atoms with Crippen LogP contribution in [-0.4, -0.2) is 83.2 Å². The van der Waals surface area contributed by atoms with Crippen LogP contribution in [0.25, 0.3) is 32.8 Å². The number of hydrogen-bond donors (Lipinski definition) is 1. The largest absolute Gasteiger partial charge is 0.508 e. The summed E-state index contributed by atoms with van der Waals surface area (Å²) in [6, 6.07) is 12.7. The maximum absolute atomic E-state index is 16.8. The summed E-state index contributed by atoms with van der Waals surface area (Å²) < 4.78 is 22.8. The Kier molecular flexibility index (Phi) is 8.31.